The molecule has 0 unspecified atom stereocenters. The molecular formula is C18H18F2N4O4S2. The van der Waals surface area contributed by atoms with Crippen LogP contribution in [0.25, 0.3) is 0 Å². The summed E-state index contributed by atoms with van der Waals surface area (Å²) in [6, 6.07) is 8.99. The maximum absolute atomic E-state index is 13.0. The van der Waals surface area contributed by atoms with E-state index in [4.69, 9.17) is 0 Å². The van der Waals surface area contributed by atoms with Crippen molar-refractivity contribution in [3.8, 4) is 5.75 Å². The van der Waals surface area contributed by atoms with Crippen molar-refractivity contribution in [1.82, 2.24) is 4.72 Å². The average Bonchev–Trinajstić information content (AvgIpc) is 3.15. The number of para-hydroxylation sites is 2. The van der Waals surface area contributed by atoms with E-state index in [1.807, 2.05) is 0 Å². The summed E-state index contributed by atoms with van der Waals surface area (Å²) in [5, 5.41) is 2.45. The number of hydrogen-bond donors (Lipinski definition) is 2. The molecule has 8 nitrogen and oxygen atoms in total. The van der Waals surface area contributed by atoms with Gasteiger partial charge in [-0.15, -0.1) is 0 Å². The van der Waals surface area contributed by atoms with Crippen LogP contribution in [0.4, 0.5) is 25.8 Å². The number of amides is 1. The molecule has 0 bridgehead atoms. The molecule has 0 aliphatic carbocycles. The topological polar surface area (TPSA) is 109 Å². The number of anilines is 1. The number of rotatable bonds is 8. The van der Waals surface area contributed by atoms with Gasteiger partial charge in [-0.3, -0.25) is 4.79 Å². The van der Waals surface area contributed by atoms with Crippen LogP contribution in [-0.4, -0.2) is 27.0 Å². The number of carbonyl (C=O) groups is 1. The minimum Gasteiger partial charge on any atom is -0.433 e. The highest BCUT2D eigenvalue weighted by Crippen LogP contribution is 2.37. The maximum atomic E-state index is 13.0. The summed E-state index contributed by atoms with van der Waals surface area (Å²) < 4.78 is 65.9. The van der Waals surface area contributed by atoms with Gasteiger partial charge in [0.1, 0.15) is 28.1 Å². The van der Waals surface area contributed by atoms with Gasteiger partial charge >= 0.3 is 6.61 Å². The van der Waals surface area contributed by atoms with E-state index < -0.39 is 34.5 Å². The van der Waals surface area contributed by atoms with E-state index in [2.05, 4.69) is 23.5 Å². The van der Waals surface area contributed by atoms with Crippen molar-refractivity contribution in [3.05, 3.63) is 42.5 Å². The molecule has 12 heteroatoms. The summed E-state index contributed by atoms with van der Waals surface area (Å²) in [5.74, 6) is -1.40. The second-order valence-electron chi connectivity index (χ2n) is 6.59. The molecule has 2 aromatic rings. The van der Waals surface area contributed by atoms with E-state index in [0.29, 0.717) is 5.69 Å². The van der Waals surface area contributed by atoms with Gasteiger partial charge in [0.25, 0.3) is 0 Å². The van der Waals surface area contributed by atoms with Gasteiger partial charge in [-0.25, -0.2) is 8.42 Å². The summed E-state index contributed by atoms with van der Waals surface area (Å²) in [5.41, 5.74) is 0.624. The quantitative estimate of drug-likeness (QED) is 0.535. The number of fused-ring (bicyclic) bond motifs is 1. The molecule has 0 radical (unpaired) electrons. The van der Waals surface area contributed by atoms with Crippen LogP contribution in [0.3, 0.4) is 0 Å². The van der Waals surface area contributed by atoms with Crippen LogP contribution in [0.2, 0.25) is 0 Å². The molecule has 2 aromatic carbocycles. The molecule has 30 heavy (non-hydrogen) atoms. The van der Waals surface area contributed by atoms with Crippen LogP contribution in [-0.2, 0) is 26.2 Å². The first kappa shape index (κ1) is 22.0. The van der Waals surface area contributed by atoms with Crippen LogP contribution in [0.15, 0.2) is 56.1 Å². The third-order valence-corrected chi connectivity index (χ3v) is 6.15. The van der Waals surface area contributed by atoms with Gasteiger partial charge in [0.15, 0.2) is 0 Å². The van der Waals surface area contributed by atoms with E-state index >= 15 is 0 Å². The molecule has 0 saturated carbocycles. The zero-order valence-corrected chi connectivity index (χ0v) is 17.5. The number of hydrogen-bond acceptors (Lipinski definition) is 6. The van der Waals surface area contributed by atoms with Crippen molar-refractivity contribution >= 4 is 44.3 Å². The summed E-state index contributed by atoms with van der Waals surface area (Å²) in [4.78, 5) is 12.7. The molecule has 1 heterocycles. The molecular weight excluding hydrogens is 438 g/mol. The highest BCUT2D eigenvalue weighted by molar-refractivity contribution is 7.89. The fourth-order valence-corrected chi connectivity index (χ4v) is 4.81. The molecule has 0 fully saturated rings. The average molecular weight is 456 g/mol. The lowest BCUT2D eigenvalue weighted by atomic mass is 10.0. The minimum absolute atomic E-state index is 0.00143. The normalized spacial score (nSPS) is 13.8. The van der Waals surface area contributed by atoms with E-state index in [0.717, 1.165) is 11.4 Å². The van der Waals surface area contributed by atoms with E-state index in [1.54, 1.807) is 19.9 Å². The Bertz CT molecular complexity index is 1130. The third-order valence-electron chi connectivity index (χ3n) is 4.13. The monoisotopic (exact) mass is 456 g/mol. The number of halogens is 2. The van der Waals surface area contributed by atoms with Crippen LogP contribution in [0, 0.1) is 5.92 Å². The molecule has 1 aliphatic rings. The molecule has 1 atom stereocenters. The van der Waals surface area contributed by atoms with Gasteiger partial charge in [-0.2, -0.15) is 22.2 Å². The second-order valence-corrected chi connectivity index (χ2v) is 8.81. The van der Waals surface area contributed by atoms with Gasteiger partial charge in [0, 0.05) is 0 Å². The predicted octanol–water partition coefficient (Wildman–Crippen LogP) is 3.96. The molecule has 1 amide bonds. The number of ether oxygens (including phenoxy) is 1. The summed E-state index contributed by atoms with van der Waals surface area (Å²) in [6.45, 7) is 0.230. The van der Waals surface area contributed by atoms with Crippen LogP contribution < -0.4 is 14.8 Å². The zero-order chi connectivity index (χ0) is 21.9. The SMILES string of the molecule is CC(C)[C@H](NS(=O)(=O)c1cccc2c1N=S=N2)C(=O)Nc1ccccc1OC(F)F. The molecule has 1 aliphatic heterocycles. The molecule has 160 valence electrons. The Labute approximate surface area is 175 Å². The Hall–Kier alpha value is -2.70. The number of alkyl halides is 2. The fourth-order valence-electron chi connectivity index (χ4n) is 2.70. The Morgan fingerprint density at radius 1 is 1.10 bits per heavy atom. The van der Waals surface area contributed by atoms with Crippen molar-refractivity contribution in [3.63, 3.8) is 0 Å². The summed E-state index contributed by atoms with van der Waals surface area (Å²) >= 11 is 0.876. The Kier molecular flexibility index (Phi) is 6.58. The fraction of sp³-hybridized carbons (Fsp3) is 0.278. The highest BCUT2D eigenvalue weighted by atomic mass is 32.2. The largest absolute Gasteiger partial charge is 0.433 e. The highest BCUT2D eigenvalue weighted by Gasteiger charge is 2.31. The first-order chi connectivity index (χ1) is 14.2. The van der Waals surface area contributed by atoms with Gasteiger partial charge < -0.3 is 10.1 Å². The van der Waals surface area contributed by atoms with Gasteiger partial charge in [-0.1, -0.05) is 32.0 Å². The molecule has 2 N–H and O–H groups in total. The standard InChI is InChI=1S/C18H18F2N4O4S2/c1-10(2)15(17(25)21-11-6-3-4-8-13(11)28-18(19)20)24-30(26,27)14-9-5-7-12-16(14)23-29-22-12/h3-10,15,18,24H,1-2H3,(H,21,25)/t15-/m0/s1. The lowest BCUT2D eigenvalue weighted by Crippen LogP contribution is -2.47. The van der Waals surface area contributed by atoms with Gasteiger partial charge in [-0.05, 0) is 30.2 Å². The zero-order valence-electron chi connectivity index (χ0n) is 15.9. The number of benzene rings is 2. The van der Waals surface area contributed by atoms with Gasteiger partial charge in [0.2, 0.25) is 15.9 Å². The summed E-state index contributed by atoms with van der Waals surface area (Å²) in [7, 11) is -4.13. The van der Waals surface area contributed by atoms with E-state index in [1.165, 1.54) is 36.4 Å². The lowest BCUT2D eigenvalue weighted by molar-refractivity contribution is -0.118. The van der Waals surface area contributed by atoms with Crippen molar-refractivity contribution in [1.29, 1.82) is 0 Å². The maximum Gasteiger partial charge on any atom is 0.387 e. The van der Waals surface area contributed by atoms with Crippen LogP contribution in [0.1, 0.15) is 13.8 Å². The van der Waals surface area contributed by atoms with Crippen molar-refractivity contribution in [2.75, 3.05) is 5.32 Å². The first-order valence-electron chi connectivity index (χ1n) is 8.77. The van der Waals surface area contributed by atoms with Crippen molar-refractivity contribution in [2.45, 2.75) is 31.4 Å². The molecule has 3 rings (SSSR count). The molecule has 0 saturated heterocycles. The Morgan fingerprint density at radius 3 is 2.53 bits per heavy atom. The second kappa shape index (κ2) is 8.98. The number of nitrogens with one attached hydrogen (secondary N) is 2. The number of sulfonamides is 1. The van der Waals surface area contributed by atoms with Crippen LogP contribution in [0.5, 0.6) is 5.75 Å². The smallest absolute Gasteiger partial charge is 0.387 e. The first-order valence-corrected chi connectivity index (χ1v) is 11.0. The lowest BCUT2D eigenvalue weighted by Gasteiger charge is -2.22. The van der Waals surface area contributed by atoms with E-state index in [9.17, 15) is 22.0 Å². The van der Waals surface area contributed by atoms with Crippen LogP contribution >= 0.6 is 0 Å². The number of carbonyl (C=O) groups excluding carboxylic acids is 1. The molecule has 0 spiro atoms. The third kappa shape index (κ3) is 4.89. The molecule has 0 aromatic heterocycles. The predicted molar refractivity (Wildman–Crippen MR) is 109 cm³/mol. The number of nitrogens with zero attached hydrogens (tertiary/aromatic N) is 2. The van der Waals surface area contributed by atoms with Crippen molar-refractivity contribution in [2.24, 2.45) is 14.6 Å². The minimum atomic E-state index is -4.13. The van der Waals surface area contributed by atoms with Gasteiger partial charge in [0.05, 0.1) is 17.0 Å². The van der Waals surface area contributed by atoms with Crippen molar-refractivity contribution < 1.29 is 26.7 Å². The van der Waals surface area contributed by atoms with E-state index in [-0.39, 0.29) is 22.0 Å². The Morgan fingerprint density at radius 2 is 1.83 bits per heavy atom. The Balaban J connectivity index is 1.84. The summed E-state index contributed by atoms with van der Waals surface area (Å²) in [6.07, 6.45) is 0.